The summed E-state index contributed by atoms with van der Waals surface area (Å²) in [5, 5.41) is 2.92. The molecule has 1 atom stereocenters. The number of nitrogens with zero attached hydrogens (tertiary/aromatic N) is 1. The van der Waals surface area contributed by atoms with Gasteiger partial charge in [-0.15, -0.1) is 0 Å². The summed E-state index contributed by atoms with van der Waals surface area (Å²) < 4.78 is 4.68. The molecule has 2 aromatic rings. The predicted octanol–water partition coefficient (Wildman–Crippen LogP) is 4.15. The SMILES string of the molecule is COC(=O)c1ccc(NC(=O)N2CCC[C@H]2c2ccccc2C)cc1. The van der Waals surface area contributed by atoms with Gasteiger partial charge in [-0.25, -0.2) is 9.59 Å². The normalized spacial score (nSPS) is 16.6. The highest BCUT2D eigenvalue weighted by molar-refractivity contribution is 5.92. The lowest BCUT2D eigenvalue weighted by atomic mass is 9.99. The highest BCUT2D eigenvalue weighted by Crippen LogP contribution is 2.34. The van der Waals surface area contributed by atoms with Gasteiger partial charge in [0.1, 0.15) is 0 Å². The van der Waals surface area contributed by atoms with Crippen LogP contribution < -0.4 is 5.32 Å². The van der Waals surface area contributed by atoms with Gasteiger partial charge >= 0.3 is 12.0 Å². The fraction of sp³-hybridized carbons (Fsp3) is 0.300. The summed E-state index contributed by atoms with van der Waals surface area (Å²) in [5.41, 5.74) is 3.53. The number of methoxy groups -OCH3 is 1. The minimum Gasteiger partial charge on any atom is -0.465 e. The van der Waals surface area contributed by atoms with Crippen LogP contribution >= 0.6 is 0 Å². The molecule has 0 spiro atoms. The molecule has 5 nitrogen and oxygen atoms in total. The molecule has 25 heavy (non-hydrogen) atoms. The molecule has 130 valence electrons. The molecule has 1 aliphatic rings. The van der Waals surface area contributed by atoms with Crippen molar-refractivity contribution in [2.45, 2.75) is 25.8 Å². The highest BCUT2D eigenvalue weighted by atomic mass is 16.5. The predicted molar refractivity (Wildman–Crippen MR) is 96.7 cm³/mol. The molecule has 0 aliphatic carbocycles. The van der Waals surface area contributed by atoms with Gasteiger partial charge in [-0.3, -0.25) is 0 Å². The van der Waals surface area contributed by atoms with E-state index in [1.165, 1.54) is 18.2 Å². The molecule has 0 unspecified atom stereocenters. The first-order valence-electron chi connectivity index (χ1n) is 8.41. The maximum Gasteiger partial charge on any atom is 0.337 e. The minimum atomic E-state index is -0.392. The van der Waals surface area contributed by atoms with Crippen molar-refractivity contribution >= 4 is 17.7 Å². The number of urea groups is 1. The minimum absolute atomic E-state index is 0.107. The maximum absolute atomic E-state index is 12.7. The lowest BCUT2D eigenvalue weighted by Crippen LogP contribution is -2.34. The number of benzene rings is 2. The molecule has 1 N–H and O–H groups in total. The van der Waals surface area contributed by atoms with E-state index in [-0.39, 0.29) is 12.1 Å². The lowest BCUT2D eigenvalue weighted by molar-refractivity contribution is 0.0600. The van der Waals surface area contributed by atoms with Crippen molar-refractivity contribution in [1.82, 2.24) is 4.90 Å². The Kier molecular flexibility index (Phi) is 5.03. The van der Waals surface area contributed by atoms with Gasteiger partial charge in [0.2, 0.25) is 0 Å². The van der Waals surface area contributed by atoms with Crippen molar-refractivity contribution < 1.29 is 14.3 Å². The Balaban J connectivity index is 1.72. The third-order valence-electron chi connectivity index (χ3n) is 4.62. The molecule has 1 heterocycles. The number of ether oxygens (including phenoxy) is 1. The van der Waals surface area contributed by atoms with Crippen molar-refractivity contribution in [3.8, 4) is 0 Å². The average Bonchev–Trinajstić information content (AvgIpc) is 3.11. The fourth-order valence-corrected chi connectivity index (χ4v) is 3.30. The van der Waals surface area contributed by atoms with Crippen molar-refractivity contribution in [2.75, 3.05) is 19.0 Å². The number of rotatable bonds is 3. The van der Waals surface area contributed by atoms with Crippen LogP contribution in [0.3, 0.4) is 0 Å². The second-order valence-electron chi connectivity index (χ2n) is 6.21. The number of amides is 2. The number of aryl methyl sites for hydroxylation is 1. The van der Waals surface area contributed by atoms with E-state index in [1.54, 1.807) is 24.3 Å². The van der Waals surface area contributed by atoms with E-state index in [9.17, 15) is 9.59 Å². The van der Waals surface area contributed by atoms with Crippen LogP contribution in [0.25, 0.3) is 0 Å². The number of carbonyl (C=O) groups is 2. The molecule has 2 aromatic carbocycles. The number of hydrogen-bond acceptors (Lipinski definition) is 3. The summed E-state index contributed by atoms with van der Waals surface area (Å²) in [4.78, 5) is 26.1. The van der Waals surface area contributed by atoms with E-state index in [0.29, 0.717) is 11.3 Å². The van der Waals surface area contributed by atoms with Gasteiger partial charge in [0, 0.05) is 12.2 Å². The number of hydrogen-bond donors (Lipinski definition) is 1. The number of anilines is 1. The number of esters is 1. The van der Waals surface area contributed by atoms with Crippen LogP contribution in [-0.2, 0) is 4.74 Å². The van der Waals surface area contributed by atoms with Gasteiger partial charge in [-0.1, -0.05) is 24.3 Å². The smallest absolute Gasteiger partial charge is 0.337 e. The van der Waals surface area contributed by atoms with Gasteiger partial charge in [0.25, 0.3) is 0 Å². The summed E-state index contributed by atoms with van der Waals surface area (Å²) in [6, 6.07) is 14.9. The molecule has 0 bridgehead atoms. The summed E-state index contributed by atoms with van der Waals surface area (Å²) in [6.07, 6.45) is 1.97. The largest absolute Gasteiger partial charge is 0.465 e. The first kappa shape index (κ1) is 17.0. The lowest BCUT2D eigenvalue weighted by Gasteiger charge is -2.26. The molecule has 0 saturated carbocycles. The van der Waals surface area contributed by atoms with Gasteiger partial charge < -0.3 is 15.0 Å². The molecule has 3 rings (SSSR count). The van der Waals surface area contributed by atoms with Crippen LogP contribution in [0.2, 0.25) is 0 Å². The topological polar surface area (TPSA) is 58.6 Å². The van der Waals surface area contributed by atoms with Crippen molar-refractivity contribution in [1.29, 1.82) is 0 Å². The van der Waals surface area contributed by atoms with Crippen LogP contribution in [0, 0.1) is 6.92 Å². The first-order chi connectivity index (χ1) is 12.1. The third-order valence-corrected chi connectivity index (χ3v) is 4.62. The Labute approximate surface area is 147 Å². The molecule has 1 aliphatic heterocycles. The standard InChI is InChI=1S/C20H22N2O3/c1-14-6-3-4-7-17(14)18-8-5-13-22(18)20(24)21-16-11-9-15(10-12-16)19(23)25-2/h3-4,6-7,9-12,18H,5,8,13H2,1-2H3,(H,21,24)/t18-/m0/s1. The van der Waals surface area contributed by atoms with Crippen molar-refractivity contribution in [2.24, 2.45) is 0 Å². The first-order valence-corrected chi connectivity index (χ1v) is 8.41. The third kappa shape index (κ3) is 3.65. The van der Waals surface area contributed by atoms with Gasteiger partial charge in [0.15, 0.2) is 0 Å². The summed E-state index contributed by atoms with van der Waals surface area (Å²) >= 11 is 0. The Morgan fingerprint density at radius 3 is 2.52 bits per heavy atom. The second-order valence-corrected chi connectivity index (χ2v) is 6.21. The van der Waals surface area contributed by atoms with Crippen LogP contribution in [0.1, 0.15) is 40.4 Å². The van der Waals surface area contributed by atoms with Crippen LogP contribution in [0.15, 0.2) is 48.5 Å². The molecule has 1 saturated heterocycles. The Morgan fingerprint density at radius 2 is 1.84 bits per heavy atom. The van der Waals surface area contributed by atoms with Crippen LogP contribution in [0.4, 0.5) is 10.5 Å². The molecule has 0 radical (unpaired) electrons. The maximum atomic E-state index is 12.7. The summed E-state index contributed by atoms with van der Waals surface area (Å²) in [6.45, 7) is 2.82. The van der Waals surface area contributed by atoms with E-state index in [1.807, 2.05) is 17.0 Å². The molecule has 5 heteroatoms. The Hall–Kier alpha value is -2.82. The van der Waals surface area contributed by atoms with Crippen LogP contribution in [0.5, 0.6) is 0 Å². The Bertz CT molecular complexity index is 771. The number of nitrogens with one attached hydrogen (secondary N) is 1. The zero-order valence-corrected chi connectivity index (χ0v) is 14.5. The highest BCUT2D eigenvalue weighted by Gasteiger charge is 2.30. The molecule has 0 aromatic heterocycles. The van der Waals surface area contributed by atoms with Crippen molar-refractivity contribution in [3.05, 3.63) is 65.2 Å². The number of likely N-dealkylation sites (tertiary alicyclic amines) is 1. The second kappa shape index (κ2) is 7.38. The summed E-state index contributed by atoms with van der Waals surface area (Å²) in [5.74, 6) is -0.392. The molecule has 2 amide bonds. The van der Waals surface area contributed by atoms with Gasteiger partial charge in [-0.2, -0.15) is 0 Å². The zero-order valence-electron chi connectivity index (χ0n) is 14.5. The van der Waals surface area contributed by atoms with E-state index < -0.39 is 5.97 Å². The summed E-state index contributed by atoms with van der Waals surface area (Å²) in [7, 11) is 1.34. The van der Waals surface area contributed by atoms with Gasteiger partial charge in [0.05, 0.1) is 18.7 Å². The quantitative estimate of drug-likeness (QED) is 0.855. The van der Waals surface area contributed by atoms with Crippen LogP contribution in [-0.4, -0.2) is 30.6 Å². The monoisotopic (exact) mass is 338 g/mol. The Morgan fingerprint density at radius 1 is 1.12 bits per heavy atom. The van der Waals surface area contributed by atoms with Crippen molar-refractivity contribution in [3.63, 3.8) is 0 Å². The average molecular weight is 338 g/mol. The number of carbonyl (C=O) groups excluding carboxylic acids is 2. The molecule has 1 fully saturated rings. The van der Waals surface area contributed by atoms with E-state index in [0.717, 1.165) is 19.4 Å². The molecular formula is C20H22N2O3. The van der Waals surface area contributed by atoms with E-state index in [2.05, 4.69) is 29.1 Å². The van der Waals surface area contributed by atoms with Gasteiger partial charge in [-0.05, 0) is 55.2 Å². The van der Waals surface area contributed by atoms with E-state index in [4.69, 9.17) is 0 Å². The van der Waals surface area contributed by atoms with E-state index >= 15 is 0 Å². The zero-order chi connectivity index (χ0) is 17.8. The molecular weight excluding hydrogens is 316 g/mol. The fourth-order valence-electron chi connectivity index (χ4n) is 3.30.